The fraction of sp³-hybridized carbons (Fsp3) is 0.583. The smallest absolute Gasteiger partial charge is 0.407 e. The van der Waals surface area contributed by atoms with Gasteiger partial charge in [-0.1, -0.05) is 32.4 Å². The van der Waals surface area contributed by atoms with E-state index in [1.54, 1.807) is 24.3 Å². The molecule has 0 aliphatic carbocycles. The number of alkyl carbamates (subject to hydrolysis) is 1. The van der Waals surface area contributed by atoms with Gasteiger partial charge in [0.2, 0.25) is 11.8 Å². The number of Topliss-reactive ketones (excluding diaryl/α,β-unsaturated/α-hetero) is 1. The molecule has 1 heterocycles. The van der Waals surface area contributed by atoms with E-state index in [9.17, 15) is 33.6 Å². The zero-order valence-corrected chi connectivity index (χ0v) is 30.4. The molecule has 0 saturated heterocycles. The van der Waals surface area contributed by atoms with Gasteiger partial charge in [-0.05, 0) is 56.2 Å². The monoisotopic (exact) mass is 730 g/mol. The normalized spacial score (nSPS) is 13.5. The highest BCUT2D eigenvalue weighted by molar-refractivity contribution is 6.12. The van der Waals surface area contributed by atoms with Crippen LogP contribution >= 0.6 is 0 Å². The SMILES string of the molecule is CCOCCOCCNC(=O)OCc1ccc(NC(=O)[C@H](CCCNC(N)=O)CC(=O)[C@@H](NC(=O)CCCCCN2C(=O)C=CC2=O)C(C)C)cc1. The molecule has 1 aliphatic rings. The van der Waals surface area contributed by atoms with Crippen LogP contribution in [-0.2, 0) is 44.8 Å². The van der Waals surface area contributed by atoms with Gasteiger partial charge in [-0.3, -0.25) is 28.9 Å². The van der Waals surface area contributed by atoms with Crippen molar-refractivity contribution in [3.05, 3.63) is 42.0 Å². The summed E-state index contributed by atoms with van der Waals surface area (Å²) in [7, 11) is 0. The Hall–Kier alpha value is -4.83. The van der Waals surface area contributed by atoms with Crippen LogP contribution in [0.1, 0.15) is 71.3 Å². The molecule has 1 aliphatic heterocycles. The van der Waals surface area contributed by atoms with Crippen molar-refractivity contribution in [3.8, 4) is 0 Å². The molecule has 2 atom stereocenters. The summed E-state index contributed by atoms with van der Waals surface area (Å²) in [5.74, 6) is -2.70. The summed E-state index contributed by atoms with van der Waals surface area (Å²) in [6.45, 7) is 8.17. The second-order valence-electron chi connectivity index (χ2n) is 12.6. The maximum absolute atomic E-state index is 13.5. The summed E-state index contributed by atoms with van der Waals surface area (Å²) < 4.78 is 15.7. The number of hydrogen-bond donors (Lipinski definition) is 5. The Labute approximate surface area is 304 Å². The number of carbonyl (C=O) groups is 7. The molecule has 1 aromatic rings. The Balaban J connectivity index is 1.87. The van der Waals surface area contributed by atoms with Gasteiger partial charge in [0.15, 0.2) is 5.78 Å². The molecule has 6 N–H and O–H groups in total. The standard InChI is InChI=1S/C36H54N6O10/c1-4-50-21-22-51-20-18-39-36(49)52-24-26-11-13-28(14-12-26)40-34(47)27(9-8-17-38-35(37)48)23-29(43)33(25(2)3)41-30(44)10-6-5-7-19-42-31(45)15-16-32(42)46/h11-16,25,27,33H,4-10,17-24H2,1-3H3,(H,39,49)(H,40,47)(H,41,44)(H3,37,38,48)/t27-,33+/m1/s1. The fourth-order valence-corrected chi connectivity index (χ4v) is 5.22. The molecule has 2 rings (SSSR count). The van der Waals surface area contributed by atoms with Crippen molar-refractivity contribution in [2.75, 3.05) is 51.4 Å². The van der Waals surface area contributed by atoms with Crippen molar-refractivity contribution in [2.24, 2.45) is 17.6 Å². The number of primary amides is 1. The summed E-state index contributed by atoms with van der Waals surface area (Å²) in [6.07, 6.45) is 4.22. The van der Waals surface area contributed by atoms with Gasteiger partial charge in [0, 0.05) is 62.8 Å². The number of imide groups is 1. The molecule has 0 saturated carbocycles. The molecule has 0 unspecified atom stereocenters. The lowest BCUT2D eigenvalue weighted by Gasteiger charge is -2.24. The van der Waals surface area contributed by atoms with E-state index < -0.39 is 30.0 Å². The third-order valence-electron chi connectivity index (χ3n) is 8.05. The van der Waals surface area contributed by atoms with Crippen molar-refractivity contribution in [2.45, 2.75) is 78.4 Å². The van der Waals surface area contributed by atoms with Crippen LogP contribution in [0.15, 0.2) is 36.4 Å². The van der Waals surface area contributed by atoms with E-state index in [-0.39, 0.29) is 74.9 Å². The van der Waals surface area contributed by atoms with Gasteiger partial charge < -0.3 is 41.2 Å². The lowest BCUT2D eigenvalue weighted by Crippen LogP contribution is -2.45. The molecule has 16 heteroatoms. The van der Waals surface area contributed by atoms with E-state index in [4.69, 9.17) is 19.9 Å². The molecular formula is C36H54N6O10. The number of ketones is 1. The molecule has 52 heavy (non-hydrogen) atoms. The molecule has 1 aromatic carbocycles. The lowest BCUT2D eigenvalue weighted by atomic mass is 9.89. The van der Waals surface area contributed by atoms with Crippen LogP contribution in [-0.4, -0.2) is 98.5 Å². The second-order valence-corrected chi connectivity index (χ2v) is 12.6. The number of nitrogens with zero attached hydrogens (tertiary/aromatic N) is 1. The number of urea groups is 1. The van der Waals surface area contributed by atoms with E-state index in [1.165, 1.54) is 12.2 Å². The molecule has 0 fully saturated rings. The van der Waals surface area contributed by atoms with E-state index in [0.717, 1.165) is 4.90 Å². The molecule has 16 nitrogen and oxygen atoms in total. The zero-order chi connectivity index (χ0) is 38.3. The highest BCUT2D eigenvalue weighted by atomic mass is 16.5. The van der Waals surface area contributed by atoms with Crippen LogP contribution in [0.4, 0.5) is 15.3 Å². The van der Waals surface area contributed by atoms with Crippen molar-refractivity contribution >= 4 is 47.2 Å². The van der Waals surface area contributed by atoms with Crippen LogP contribution in [0.5, 0.6) is 0 Å². The number of ether oxygens (including phenoxy) is 3. The van der Waals surface area contributed by atoms with Gasteiger partial charge in [-0.15, -0.1) is 0 Å². The second kappa shape index (κ2) is 24.4. The number of unbranched alkanes of at least 4 members (excludes halogenated alkanes) is 2. The Bertz CT molecular complexity index is 1350. The van der Waals surface area contributed by atoms with Crippen LogP contribution in [0.3, 0.4) is 0 Å². The predicted molar refractivity (Wildman–Crippen MR) is 192 cm³/mol. The number of benzene rings is 1. The average Bonchev–Trinajstić information content (AvgIpc) is 3.43. The van der Waals surface area contributed by atoms with Crippen molar-refractivity contribution in [3.63, 3.8) is 0 Å². The van der Waals surface area contributed by atoms with E-state index in [0.29, 0.717) is 63.4 Å². The molecule has 7 amide bonds. The van der Waals surface area contributed by atoms with Crippen molar-refractivity contribution in [1.82, 2.24) is 20.9 Å². The zero-order valence-electron chi connectivity index (χ0n) is 30.4. The van der Waals surface area contributed by atoms with Crippen molar-refractivity contribution < 1.29 is 47.8 Å². The van der Waals surface area contributed by atoms with Gasteiger partial charge in [0.25, 0.3) is 11.8 Å². The molecular weight excluding hydrogens is 676 g/mol. The Morgan fingerprint density at radius 1 is 0.846 bits per heavy atom. The number of anilines is 1. The van der Waals surface area contributed by atoms with E-state index in [1.807, 2.05) is 20.8 Å². The quantitative estimate of drug-likeness (QED) is 0.0692. The Morgan fingerprint density at radius 2 is 1.54 bits per heavy atom. The van der Waals surface area contributed by atoms with E-state index in [2.05, 4.69) is 21.3 Å². The minimum Gasteiger partial charge on any atom is -0.445 e. The van der Waals surface area contributed by atoms with Gasteiger partial charge in [-0.2, -0.15) is 0 Å². The van der Waals surface area contributed by atoms with Crippen LogP contribution in [0.2, 0.25) is 0 Å². The van der Waals surface area contributed by atoms with Crippen LogP contribution in [0, 0.1) is 11.8 Å². The minimum atomic E-state index is -0.818. The largest absolute Gasteiger partial charge is 0.445 e. The molecule has 0 bridgehead atoms. The third kappa shape index (κ3) is 17.4. The maximum atomic E-state index is 13.5. The molecule has 288 valence electrons. The van der Waals surface area contributed by atoms with Crippen LogP contribution in [0.25, 0.3) is 0 Å². The average molecular weight is 731 g/mol. The first-order valence-corrected chi connectivity index (χ1v) is 17.8. The first kappa shape index (κ1) is 43.3. The predicted octanol–water partition coefficient (Wildman–Crippen LogP) is 2.55. The third-order valence-corrected chi connectivity index (χ3v) is 8.05. The van der Waals surface area contributed by atoms with E-state index >= 15 is 0 Å². The highest BCUT2D eigenvalue weighted by Crippen LogP contribution is 2.20. The molecule has 0 spiro atoms. The summed E-state index contributed by atoms with van der Waals surface area (Å²) in [5, 5.41) is 10.7. The van der Waals surface area contributed by atoms with Gasteiger partial charge in [0.1, 0.15) is 6.61 Å². The van der Waals surface area contributed by atoms with Crippen LogP contribution < -0.4 is 27.0 Å². The molecule has 0 aromatic heterocycles. The fourth-order valence-electron chi connectivity index (χ4n) is 5.22. The van der Waals surface area contributed by atoms with Crippen molar-refractivity contribution in [1.29, 1.82) is 0 Å². The Kier molecular flexibility index (Phi) is 20.3. The number of hydrogen-bond acceptors (Lipinski definition) is 10. The minimum absolute atomic E-state index is 0.00981. The first-order chi connectivity index (χ1) is 24.9. The summed E-state index contributed by atoms with van der Waals surface area (Å²) in [4.78, 5) is 87.3. The van der Waals surface area contributed by atoms with Gasteiger partial charge >= 0.3 is 12.1 Å². The number of carbonyl (C=O) groups excluding carboxylic acids is 7. The number of rotatable bonds is 26. The Morgan fingerprint density at radius 3 is 2.19 bits per heavy atom. The first-order valence-electron chi connectivity index (χ1n) is 17.8. The summed E-state index contributed by atoms with van der Waals surface area (Å²) in [5.41, 5.74) is 6.32. The number of nitrogens with one attached hydrogen (secondary N) is 4. The highest BCUT2D eigenvalue weighted by Gasteiger charge is 2.29. The van der Waals surface area contributed by atoms with Gasteiger partial charge in [0.05, 0.1) is 25.9 Å². The van der Waals surface area contributed by atoms with Gasteiger partial charge in [-0.25, -0.2) is 9.59 Å². The topological polar surface area (TPSA) is 225 Å². The molecule has 0 radical (unpaired) electrons. The number of nitrogens with two attached hydrogens (primary N) is 1. The lowest BCUT2D eigenvalue weighted by molar-refractivity contribution is -0.137. The summed E-state index contributed by atoms with van der Waals surface area (Å²) >= 11 is 0. The number of amides is 7. The maximum Gasteiger partial charge on any atom is 0.407 e. The summed E-state index contributed by atoms with van der Waals surface area (Å²) in [6, 6.07) is 5.19.